The second-order valence-electron chi connectivity index (χ2n) is 5.98. The maximum Gasteiger partial charge on any atom is 0.263 e. The normalized spacial score (nSPS) is 23.6. The number of aliphatic hydroxyl groups is 1. The van der Waals surface area contributed by atoms with E-state index in [1.165, 1.54) is 11.3 Å². The standard InChI is InChI=1S/C13H21N3O2S/c1-13(2,3)11-10(19-7-16-11)12(18)15-5-8-4-14-6-9(8)17/h7-9,14,17H,4-6H2,1-3H3,(H,15,18). The summed E-state index contributed by atoms with van der Waals surface area (Å²) in [5, 5.41) is 15.7. The summed E-state index contributed by atoms with van der Waals surface area (Å²) in [6.45, 7) is 7.98. The van der Waals surface area contributed by atoms with Crippen molar-refractivity contribution in [1.82, 2.24) is 15.6 Å². The Hall–Kier alpha value is -0.980. The van der Waals surface area contributed by atoms with E-state index in [1.54, 1.807) is 5.51 Å². The molecule has 106 valence electrons. The van der Waals surface area contributed by atoms with Crippen molar-refractivity contribution in [2.45, 2.75) is 32.3 Å². The topological polar surface area (TPSA) is 74.2 Å². The minimum absolute atomic E-state index is 0.0912. The third-order valence-electron chi connectivity index (χ3n) is 3.31. The van der Waals surface area contributed by atoms with Crippen molar-refractivity contribution in [1.29, 1.82) is 0 Å². The molecule has 3 N–H and O–H groups in total. The fourth-order valence-corrected chi connectivity index (χ4v) is 3.09. The van der Waals surface area contributed by atoms with Crippen LogP contribution in [0.25, 0.3) is 0 Å². The molecule has 1 amide bonds. The first-order valence-corrected chi connectivity index (χ1v) is 7.38. The summed E-state index contributed by atoms with van der Waals surface area (Å²) in [6.07, 6.45) is -0.371. The van der Waals surface area contributed by atoms with Gasteiger partial charge in [-0.05, 0) is 0 Å². The van der Waals surface area contributed by atoms with Gasteiger partial charge in [0.1, 0.15) is 4.88 Å². The molecule has 5 nitrogen and oxygen atoms in total. The van der Waals surface area contributed by atoms with Crippen LogP contribution in [0.4, 0.5) is 0 Å². The summed E-state index contributed by atoms with van der Waals surface area (Å²) in [4.78, 5) is 17.2. The van der Waals surface area contributed by atoms with Gasteiger partial charge in [0.2, 0.25) is 0 Å². The third-order valence-corrected chi connectivity index (χ3v) is 4.14. The average molecular weight is 283 g/mol. The van der Waals surface area contributed by atoms with Crippen LogP contribution in [0.1, 0.15) is 36.1 Å². The van der Waals surface area contributed by atoms with Crippen LogP contribution in [0, 0.1) is 5.92 Å². The SMILES string of the molecule is CC(C)(C)c1ncsc1C(=O)NCC1CNCC1O. The number of nitrogens with zero attached hydrogens (tertiary/aromatic N) is 1. The largest absolute Gasteiger partial charge is 0.391 e. The first-order chi connectivity index (χ1) is 8.89. The van der Waals surface area contributed by atoms with Crippen LogP contribution < -0.4 is 10.6 Å². The predicted octanol–water partition coefficient (Wildman–Crippen LogP) is 0.751. The highest BCUT2D eigenvalue weighted by molar-refractivity contribution is 7.11. The molecule has 0 aromatic carbocycles. The Bertz CT molecular complexity index is 453. The Morgan fingerprint density at radius 1 is 1.58 bits per heavy atom. The van der Waals surface area contributed by atoms with Gasteiger partial charge in [-0.25, -0.2) is 4.98 Å². The highest BCUT2D eigenvalue weighted by Crippen LogP contribution is 2.27. The molecule has 1 fully saturated rings. The van der Waals surface area contributed by atoms with E-state index in [1.807, 2.05) is 20.8 Å². The van der Waals surface area contributed by atoms with Crippen molar-refractivity contribution in [3.05, 3.63) is 16.1 Å². The molecule has 1 aliphatic heterocycles. The number of amides is 1. The van der Waals surface area contributed by atoms with Gasteiger partial charge < -0.3 is 15.7 Å². The Morgan fingerprint density at radius 3 is 2.89 bits per heavy atom. The van der Waals surface area contributed by atoms with E-state index in [-0.39, 0.29) is 23.3 Å². The van der Waals surface area contributed by atoms with Crippen molar-refractivity contribution in [2.24, 2.45) is 5.92 Å². The smallest absolute Gasteiger partial charge is 0.263 e. The lowest BCUT2D eigenvalue weighted by Gasteiger charge is -2.18. The summed E-state index contributed by atoms with van der Waals surface area (Å²) in [5.74, 6) is 0.00137. The van der Waals surface area contributed by atoms with Crippen LogP contribution in [-0.4, -0.2) is 41.7 Å². The number of aliphatic hydroxyl groups excluding tert-OH is 1. The maximum atomic E-state index is 12.2. The molecule has 0 aliphatic carbocycles. The van der Waals surface area contributed by atoms with Gasteiger partial charge >= 0.3 is 0 Å². The molecule has 2 unspecified atom stereocenters. The molecule has 0 saturated carbocycles. The lowest BCUT2D eigenvalue weighted by atomic mass is 9.91. The molecule has 0 bridgehead atoms. The maximum absolute atomic E-state index is 12.2. The predicted molar refractivity (Wildman–Crippen MR) is 75.5 cm³/mol. The zero-order chi connectivity index (χ0) is 14.0. The molecular weight excluding hydrogens is 262 g/mol. The van der Waals surface area contributed by atoms with Crippen LogP contribution >= 0.6 is 11.3 Å². The summed E-state index contributed by atoms with van der Waals surface area (Å²) in [7, 11) is 0. The van der Waals surface area contributed by atoms with Gasteiger partial charge in [0, 0.05) is 31.0 Å². The summed E-state index contributed by atoms with van der Waals surface area (Å²) >= 11 is 1.37. The van der Waals surface area contributed by atoms with Crippen LogP contribution in [0.15, 0.2) is 5.51 Å². The number of thiazole rings is 1. The summed E-state index contributed by atoms with van der Waals surface area (Å²) in [6, 6.07) is 0. The second kappa shape index (κ2) is 5.56. The van der Waals surface area contributed by atoms with E-state index >= 15 is 0 Å². The molecular formula is C13H21N3O2S. The molecule has 0 spiro atoms. The van der Waals surface area contributed by atoms with Crippen LogP contribution in [-0.2, 0) is 5.41 Å². The number of carbonyl (C=O) groups is 1. The lowest BCUT2D eigenvalue weighted by molar-refractivity contribution is 0.0928. The number of carbonyl (C=O) groups excluding carboxylic acids is 1. The first-order valence-electron chi connectivity index (χ1n) is 6.50. The quantitative estimate of drug-likeness (QED) is 0.765. The van der Waals surface area contributed by atoms with Crippen molar-refractivity contribution in [3.63, 3.8) is 0 Å². The van der Waals surface area contributed by atoms with E-state index in [0.29, 0.717) is 18.0 Å². The molecule has 1 aromatic rings. The van der Waals surface area contributed by atoms with E-state index in [2.05, 4.69) is 15.6 Å². The molecule has 6 heteroatoms. The summed E-state index contributed by atoms with van der Waals surface area (Å²) < 4.78 is 0. The van der Waals surface area contributed by atoms with E-state index in [4.69, 9.17) is 0 Å². The van der Waals surface area contributed by atoms with Gasteiger partial charge in [0.15, 0.2) is 0 Å². The molecule has 19 heavy (non-hydrogen) atoms. The molecule has 1 saturated heterocycles. The van der Waals surface area contributed by atoms with Gasteiger partial charge in [0.05, 0.1) is 17.3 Å². The van der Waals surface area contributed by atoms with Crippen molar-refractivity contribution >= 4 is 17.2 Å². The summed E-state index contributed by atoms with van der Waals surface area (Å²) in [5.41, 5.74) is 2.41. The number of nitrogens with one attached hydrogen (secondary N) is 2. The van der Waals surface area contributed by atoms with E-state index < -0.39 is 0 Å². The minimum atomic E-state index is -0.371. The van der Waals surface area contributed by atoms with Crippen molar-refractivity contribution < 1.29 is 9.90 Å². The zero-order valence-corrected chi connectivity index (χ0v) is 12.4. The molecule has 1 aromatic heterocycles. The van der Waals surface area contributed by atoms with Crippen LogP contribution in [0.5, 0.6) is 0 Å². The Morgan fingerprint density at radius 2 is 2.32 bits per heavy atom. The number of aromatic nitrogens is 1. The van der Waals surface area contributed by atoms with Crippen LogP contribution in [0.3, 0.4) is 0 Å². The molecule has 1 aliphatic rings. The average Bonchev–Trinajstić information content (AvgIpc) is 2.93. The highest BCUT2D eigenvalue weighted by atomic mass is 32.1. The van der Waals surface area contributed by atoms with Gasteiger partial charge in [-0.1, -0.05) is 20.8 Å². The first kappa shape index (κ1) is 14.4. The number of hydrogen-bond acceptors (Lipinski definition) is 5. The third kappa shape index (κ3) is 3.32. The Balaban J connectivity index is 1.99. The fourth-order valence-electron chi connectivity index (χ4n) is 2.17. The van der Waals surface area contributed by atoms with Gasteiger partial charge in [-0.2, -0.15) is 0 Å². The van der Waals surface area contributed by atoms with Crippen LogP contribution in [0.2, 0.25) is 0 Å². The number of hydrogen-bond donors (Lipinski definition) is 3. The molecule has 2 rings (SSSR count). The second-order valence-corrected chi connectivity index (χ2v) is 6.83. The Kier molecular flexibility index (Phi) is 4.23. The molecule has 2 heterocycles. The zero-order valence-electron chi connectivity index (χ0n) is 11.6. The highest BCUT2D eigenvalue weighted by Gasteiger charge is 2.28. The monoisotopic (exact) mass is 283 g/mol. The fraction of sp³-hybridized carbons (Fsp3) is 0.692. The van der Waals surface area contributed by atoms with Gasteiger partial charge in [0.25, 0.3) is 5.91 Å². The molecule has 2 atom stereocenters. The minimum Gasteiger partial charge on any atom is -0.391 e. The lowest BCUT2D eigenvalue weighted by Crippen LogP contribution is -2.35. The molecule has 0 radical (unpaired) electrons. The number of rotatable bonds is 3. The van der Waals surface area contributed by atoms with Gasteiger partial charge in [-0.3, -0.25) is 4.79 Å². The van der Waals surface area contributed by atoms with Gasteiger partial charge in [-0.15, -0.1) is 11.3 Å². The van der Waals surface area contributed by atoms with E-state index in [0.717, 1.165) is 12.2 Å². The van der Waals surface area contributed by atoms with Crippen molar-refractivity contribution in [2.75, 3.05) is 19.6 Å². The van der Waals surface area contributed by atoms with Crippen molar-refractivity contribution in [3.8, 4) is 0 Å². The Labute approximate surface area is 117 Å². The number of β-amino-alcohol motifs (C(OH)–C–C–N with tert-alkyl or cyclic N) is 1. The van der Waals surface area contributed by atoms with E-state index in [9.17, 15) is 9.90 Å².